The summed E-state index contributed by atoms with van der Waals surface area (Å²) in [5.41, 5.74) is 3.20. The second-order valence-corrected chi connectivity index (χ2v) is 5.18. The van der Waals surface area contributed by atoms with Gasteiger partial charge in [-0.15, -0.1) is 0 Å². The van der Waals surface area contributed by atoms with Crippen molar-refractivity contribution in [2.75, 3.05) is 14.2 Å². The first-order valence-corrected chi connectivity index (χ1v) is 7.03. The molecule has 2 rings (SSSR count). The average molecular weight is 286 g/mol. The Balaban J connectivity index is 2.31. The predicted molar refractivity (Wildman–Crippen MR) is 84.8 cm³/mol. The van der Waals surface area contributed by atoms with Crippen molar-refractivity contribution in [3.05, 3.63) is 42.2 Å². The first-order chi connectivity index (χ1) is 10.1. The lowest BCUT2D eigenvalue weighted by atomic mass is 10.0. The Hall–Kier alpha value is -2.07. The van der Waals surface area contributed by atoms with E-state index in [2.05, 4.69) is 30.2 Å². The lowest BCUT2D eigenvalue weighted by Crippen LogP contribution is -2.21. The highest BCUT2D eigenvalue weighted by atomic mass is 16.5. The Bertz CT molecular complexity index is 597. The van der Waals surface area contributed by atoms with Crippen LogP contribution in [0, 0.1) is 0 Å². The topological polar surface area (TPSA) is 43.4 Å². The minimum Gasteiger partial charge on any atom is -0.497 e. The molecule has 1 heterocycles. The van der Waals surface area contributed by atoms with Crippen LogP contribution in [0.1, 0.15) is 19.4 Å². The van der Waals surface area contributed by atoms with Gasteiger partial charge in [0.15, 0.2) is 0 Å². The minimum absolute atomic E-state index is 0.448. The van der Waals surface area contributed by atoms with E-state index in [4.69, 9.17) is 9.47 Å². The second kappa shape index (κ2) is 7.09. The van der Waals surface area contributed by atoms with Crippen molar-refractivity contribution in [1.82, 2.24) is 10.3 Å². The number of hydrogen-bond donors (Lipinski definition) is 1. The van der Waals surface area contributed by atoms with E-state index in [0.717, 1.165) is 34.7 Å². The maximum atomic E-state index is 5.46. The summed E-state index contributed by atoms with van der Waals surface area (Å²) in [6.45, 7) is 5.06. The average Bonchev–Trinajstić information content (AvgIpc) is 2.52. The van der Waals surface area contributed by atoms with E-state index < -0.39 is 0 Å². The molecule has 1 aromatic heterocycles. The maximum absolute atomic E-state index is 5.46. The van der Waals surface area contributed by atoms with Crippen LogP contribution in [0.4, 0.5) is 0 Å². The summed E-state index contributed by atoms with van der Waals surface area (Å²) >= 11 is 0. The molecule has 0 fully saturated rings. The number of methoxy groups -OCH3 is 2. The summed E-state index contributed by atoms with van der Waals surface area (Å²) in [6, 6.07) is 8.39. The Kier molecular flexibility index (Phi) is 5.17. The van der Waals surface area contributed by atoms with Crippen LogP contribution in [0.5, 0.6) is 11.5 Å². The van der Waals surface area contributed by atoms with E-state index in [0.29, 0.717) is 6.04 Å². The SMILES string of the molecule is COc1ccc(-c2cncc(CNC(C)C)c2)c(OC)c1. The van der Waals surface area contributed by atoms with Crippen LogP contribution in [0.3, 0.4) is 0 Å². The molecule has 112 valence electrons. The first-order valence-electron chi connectivity index (χ1n) is 7.03. The molecule has 21 heavy (non-hydrogen) atoms. The first kappa shape index (κ1) is 15.3. The van der Waals surface area contributed by atoms with Crippen molar-refractivity contribution in [2.45, 2.75) is 26.4 Å². The molecular formula is C17H22N2O2. The molecule has 1 aromatic carbocycles. The number of aromatic nitrogens is 1. The van der Waals surface area contributed by atoms with Crippen LogP contribution in [0.15, 0.2) is 36.7 Å². The molecule has 0 amide bonds. The van der Waals surface area contributed by atoms with Gasteiger partial charge >= 0.3 is 0 Å². The summed E-state index contributed by atoms with van der Waals surface area (Å²) in [4.78, 5) is 4.33. The van der Waals surface area contributed by atoms with E-state index in [9.17, 15) is 0 Å². The quantitative estimate of drug-likeness (QED) is 0.885. The monoisotopic (exact) mass is 286 g/mol. The van der Waals surface area contributed by atoms with Gasteiger partial charge in [0.2, 0.25) is 0 Å². The second-order valence-electron chi connectivity index (χ2n) is 5.18. The fraction of sp³-hybridized carbons (Fsp3) is 0.353. The van der Waals surface area contributed by atoms with Gasteiger partial charge in [-0.05, 0) is 23.8 Å². The highest BCUT2D eigenvalue weighted by Crippen LogP contribution is 2.33. The van der Waals surface area contributed by atoms with Gasteiger partial charge in [0.05, 0.1) is 14.2 Å². The van der Waals surface area contributed by atoms with Crippen LogP contribution in [0.2, 0.25) is 0 Å². The molecule has 0 aliphatic heterocycles. The molecule has 4 nitrogen and oxygen atoms in total. The Morgan fingerprint density at radius 2 is 1.90 bits per heavy atom. The van der Waals surface area contributed by atoms with Crippen LogP contribution >= 0.6 is 0 Å². The Morgan fingerprint density at radius 1 is 1.10 bits per heavy atom. The minimum atomic E-state index is 0.448. The summed E-state index contributed by atoms with van der Waals surface area (Å²) in [6.07, 6.45) is 3.73. The van der Waals surface area contributed by atoms with Gasteiger partial charge in [-0.3, -0.25) is 4.98 Å². The molecule has 4 heteroatoms. The molecule has 2 aromatic rings. The maximum Gasteiger partial charge on any atom is 0.130 e. The van der Waals surface area contributed by atoms with Crippen LogP contribution in [-0.2, 0) is 6.54 Å². The number of benzene rings is 1. The number of nitrogens with one attached hydrogen (secondary N) is 1. The third kappa shape index (κ3) is 3.95. The summed E-state index contributed by atoms with van der Waals surface area (Å²) in [5, 5.41) is 3.40. The number of rotatable bonds is 6. The zero-order valence-electron chi connectivity index (χ0n) is 13.0. The van der Waals surface area contributed by atoms with Crippen molar-refractivity contribution in [3.8, 4) is 22.6 Å². The predicted octanol–water partition coefficient (Wildman–Crippen LogP) is 3.26. The van der Waals surface area contributed by atoms with E-state index in [-0.39, 0.29) is 0 Å². The number of ether oxygens (including phenoxy) is 2. The Labute approximate surface area is 126 Å². The number of hydrogen-bond acceptors (Lipinski definition) is 4. The van der Waals surface area contributed by atoms with E-state index in [1.807, 2.05) is 30.6 Å². The third-order valence-corrected chi connectivity index (χ3v) is 3.23. The van der Waals surface area contributed by atoms with Crippen molar-refractivity contribution < 1.29 is 9.47 Å². The zero-order valence-corrected chi connectivity index (χ0v) is 13.0. The van der Waals surface area contributed by atoms with Crippen LogP contribution in [0.25, 0.3) is 11.1 Å². The summed E-state index contributed by atoms with van der Waals surface area (Å²) < 4.78 is 10.7. The molecule has 0 spiro atoms. The van der Waals surface area contributed by atoms with Gasteiger partial charge in [0.25, 0.3) is 0 Å². The lowest BCUT2D eigenvalue weighted by molar-refractivity contribution is 0.395. The van der Waals surface area contributed by atoms with Gasteiger partial charge in [0.1, 0.15) is 11.5 Å². The molecule has 1 N–H and O–H groups in total. The van der Waals surface area contributed by atoms with E-state index in [1.165, 1.54) is 0 Å². The molecular weight excluding hydrogens is 264 g/mol. The van der Waals surface area contributed by atoms with Crippen LogP contribution < -0.4 is 14.8 Å². The van der Waals surface area contributed by atoms with Gasteiger partial charge in [-0.1, -0.05) is 13.8 Å². The molecule has 0 aliphatic rings. The smallest absolute Gasteiger partial charge is 0.130 e. The lowest BCUT2D eigenvalue weighted by Gasteiger charge is -2.12. The largest absolute Gasteiger partial charge is 0.497 e. The van der Waals surface area contributed by atoms with Gasteiger partial charge in [-0.25, -0.2) is 0 Å². The standard InChI is InChI=1S/C17H22N2O2/c1-12(2)19-10-13-7-14(11-18-9-13)16-6-5-15(20-3)8-17(16)21-4/h5-9,11-12,19H,10H2,1-4H3. The van der Waals surface area contributed by atoms with Crippen molar-refractivity contribution in [1.29, 1.82) is 0 Å². The fourth-order valence-electron chi connectivity index (χ4n) is 2.09. The zero-order chi connectivity index (χ0) is 15.2. The van der Waals surface area contributed by atoms with E-state index >= 15 is 0 Å². The van der Waals surface area contributed by atoms with Gasteiger partial charge in [0, 0.05) is 42.2 Å². The molecule has 0 saturated heterocycles. The molecule has 0 radical (unpaired) electrons. The Morgan fingerprint density at radius 3 is 2.57 bits per heavy atom. The molecule has 0 atom stereocenters. The highest BCUT2D eigenvalue weighted by molar-refractivity contribution is 5.71. The van der Waals surface area contributed by atoms with Crippen LogP contribution in [-0.4, -0.2) is 25.2 Å². The fourth-order valence-corrected chi connectivity index (χ4v) is 2.09. The summed E-state index contributed by atoms with van der Waals surface area (Å²) in [7, 11) is 3.31. The molecule has 0 bridgehead atoms. The van der Waals surface area contributed by atoms with Crippen molar-refractivity contribution in [2.24, 2.45) is 0 Å². The van der Waals surface area contributed by atoms with Gasteiger partial charge in [-0.2, -0.15) is 0 Å². The van der Waals surface area contributed by atoms with Crippen molar-refractivity contribution >= 4 is 0 Å². The number of nitrogens with zero attached hydrogens (tertiary/aromatic N) is 1. The van der Waals surface area contributed by atoms with E-state index in [1.54, 1.807) is 14.2 Å². The molecule has 0 saturated carbocycles. The highest BCUT2D eigenvalue weighted by Gasteiger charge is 2.08. The molecule has 0 unspecified atom stereocenters. The molecule has 0 aliphatic carbocycles. The van der Waals surface area contributed by atoms with Gasteiger partial charge < -0.3 is 14.8 Å². The number of pyridine rings is 1. The normalized spacial score (nSPS) is 10.7. The third-order valence-electron chi connectivity index (χ3n) is 3.23. The summed E-state index contributed by atoms with van der Waals surface area (Å²) in [5.74, 6) is 1.56. The van der Waals surface area contributed by atoms with Crippen molar-refractivity contribution in [3.63, 3.8) is 0 Å².